The van der Waals surface area contributed by atoms with Gasteiger partial charge in [0.2, 0.25) is 5.91 Å². The molecule has 1 aliphatic heterocycles. The predicted octanol–water partition coefficient (Wildman–Crippen LogP) is 2.79. The Balaban J connectivity index is 1.65. The van der Waals surface area contributed by atoms with E-state index < -0.39 is 0 Å². The van der Waals surface area contributed by atoms with Gasteiger partial charge in [0.15, 0.2) is 0 Å². The molecule has 0 radical (unpaired) electrons. The second-order valence-electron chi connectivity index (χ2n) is 7.06. The van der Waals surface area contributed by atoms with E-state index in [0.29, 0.717) is 49.8 Å². The van der Waals surface area contributed by atoms with Gasteiger partial charge in [0.05, 0.1) is 31.4 Å². The van der Waals surface area contributed by atoms with Crippen LogP contribution in [0.3, 0.4) is 0 Å². The Labute approximate surface area is 181 Å². The largest absolute Gasteiger partial charge is 0.496 e. The summed E-state index contributed by atoms with van der Waals surface area (Å²) in [7, 11) is 1.56. The number of methoxy groups -OCH3 is 1. The first-order chi connectivity index (χ1) is 15.0. The first-order valence-corrected chi connectivity index (χ1v) is 10.2. The van der Waals surface area contributed by atoms with E-state index in [-0.39, 0.29) is 24.3 Å². The Bertz CT molecular complexity index is 938. The lowest BCUT2D eigenvalue weighted by Crippen LogP contribution is -2.50. The number of piperazine rings is 1. The molecule has 0 spiro atoms. The highest BCUT2D eigenvalue weighted by atomic mass is 16.6. The van der Waals surface area contributed by atoms with Gasteiger partial charge in [-0.1, -0.05) is 30.3 Å². The standard InChI is InChI=1S/C23H27N3O5/c1-3-31-23(29)26-14-12-25(13-15-26)22(28)18-9-5-6-10-19(18)24-21(27)16-17-8-4-7-11-20(17)30-2/h4-11H,3,12-16H2,1-2H3,(H,24,27). The SMILES string of the molecule is CCOC(=O)N1CCN(C(=O)c2ccccc2NC(=O)Cc2ccccc2OC)CC1. The average Bonchev–Trinajstić information content (AvgIpc) is 2.79. The maximum atomic E-state index is 13.1. The van der Waals surface area contributed by atoms with E-state index >= 15 is 0 Å². The Morgan fingerprint density at radius 3 is 2.29 bits per heavy atom. The molecule has 3 rings (SSSR count). The maximum Gasteiger partial charge on any atom is 0.409 e. The number of hydrogen-bond donors (Lipinski definition) is 1. The highest BCUT2D eigenvalue weighted by molar-refractivity contribution is 6.04. The molecule has 0 unspecified atom stereocenters. The van der Waals surface area contributed by atoms with Gasteiger partial charge in [0, 0.05) is 31.7 Å². The van der Waals surface area contributed by atoms with Gasteiger partial charge in [-0.25, -0.2) is 4.79 Å². The number of hydrogen-bond acceptors (Lipinski definition) is 5. The highest BCUT2D eigenvalue weighted by Crippen LogP contribution is 2.21. The van der Waals surface area contributed by atoms with Gasteiger partial charge in [0.1, 0.15) is 5.75 Å². The Morgan fingerprint density at radius 2 is 1.58 bits per heavy atom. The van der Waals surface area contributed by atoms with Gasteiger partial charge >= 0.3 is 6.09 Å². The number of anilines is 1. The van der Waals surface area contributed by atoms with E-state index in [1.54, 1.807) is 54.2 Å². The van der Waals surface area contributed by atoms with Crippen molar-refractivity contribution in [2.24, 2.45) is 0 Å². The van der Waals surface area contributed by atoms with Crippen LogP contribution in [0.4, 0.5) is 10.5 Å². The lowest BCUT2D eigenvalue weighted by Gasteiger charge is -2.34. The van der Waals surface area contributed by atoms with Crippen molar-refractivity contribution in [1.82, 2.24) is 9.80 Å². The molecule has 2 aromatic rings. The zero-order valence-corrected chi connectivity index (χ0v) is 17.8. The minimum absolute atomic E-state index is 0.130. The van der Waals surface area contributed by atoms with Crippen LogP contribution < -0.4 is 10.1 Å². The summed E-state index contributed by atoms with van der Waals surface area (Å²) >= 11 is 0. The molecule has 0 aromatic heterocycles. The van der Waals surface area contributed by atoms with Crippen molar-refractivity contribution in [2.75, 3.05) is 45.2 Å². The third-order valence-corrected chi connectivity index (χ3v) is 5.07. The Hall–Kier alpha value is -3.55. The highest BCUT2D eigenvalue weighted by Gasteiger charge is 2.27. The Kier molecular flexibility index (Phi) is 7.48. The summed E-state index contributed by atoms with van der Waals surface area (Å²) in [4.78, 5) is 40.8. The van der Waals surface area contributed by atoms with Crippen molar-refractivity contribution in [3.63, 3.8) is 0 Å². The number of amides is 3. The molecule has 31 heavy (non-hydrogen) atoms. The normalized spacial score (nSPS) is 13.5. The summed E-state index contributed by atoms with van der Waals surface area (Å²) in [6.07, 6.45) is -0.233. The van der Waals surface area contributed by atoms with Gasteiger partial charge in [-0.3, -0.25) is 9.59 Å². The van der Waals surface area contributed by atoms with Crippen LogP contribution in [0, 0.1) is 0 Å². The van der Waals surface area contributed by atoms with Gasteiger partial charge in [-0.15, -0.1) is 0 Å². The van der Waals surface area contributed by atoms with Crippen LogP contribution in [0.2, 0.25) is 0 Å². The molecule has 1 N–H and O–H groups in total. The summed E-state index contributed by atoms with van der Waals surface area (Å²) in [5, 5.41) is 2.85. The summed E-state index contributed by atoms with van der Waals surface area (Å²) in [5.74, 6) is 0.218. The smallest absolute Gasteiger partial charge is 0.409 e. The van der Waals surface area contributed by atoms with Crippen molar-refractivity contribution in [3.8, 4) is 5.75 Å². The number of benzene rings is 2. The summed E-state index contributed by atoms with van der Waals surface area (Å²) in [6, 6.07) is 14.3. The molecular weight excluding hydrogens is 398 g/mol. The predicted molar refractivity (Wildman–Crippen MR) is 116 cm³/mol. The van der Waals surface area contributed by atoms with E-state index in [0.717, 1.165) is 5.56 Å². The lowest BCUT2D eigenvalue weighted by molar-refractivity contribution is -0.115. The third kappa shape index (κ3) is 5.53. The topological polar surface area (TPSA) is 88.2 Å². The zero-order chi connectivity index (χ0) is 22.2. The van der Waals surface area contributed by atoms with Crippen LogP contribution in [-0.4, -0.2) is 67.6 Å². The van der Waals surface area contributed by atoms with Gasteiger partial charge in [-0.2, -0.15) is 0 Å². The number of rotatable bonds is 6. The second kappa shape index (κ2) is 10.5. The van der Waals surface area contributed by atoms with Crippen LogP contribution in [0.25, 0.3) is 0 Å². The first kappa shape index (κ1) is 22.1. The maximum absolute atomic E-state index is 13.1. The number of nitrogens with one attached hydrogen (secondary N) is 1. The monoisotopic (exact) mass is 425 g/mol. The molecule has 2 aromatic carbocycles. The van der Waals surface area contributed by atoms with Crippen molar-refractivity contribution in [2.45, 2.75) is 13.3 Å². The molecule has 8 nitrogen and oxygen atoms in total. The average molecular weight is 425 g/mol. The number of ether oxygens (including phenoxy) is 2. The fourth-order valence-electron chi connectivity index (χ4n) is 3.47. The summed E-state index contributed by atoms with van der Waals surface area (Å²) < 4.78 is 10.3. The molecule has 0 atom stereocenters. The molecule has 3 amide bonds. The molecule has 164 valence electrons. The van der Waals surface area contributed by atoms with Gasteiger partial charge < -0.3 is 24.6 Å². The van der Waals surface area contributed by atoms with Crippen molar-refractivity contribution in [3.05, 3.63) is 59.7 Å². The van der Waals surface area contributed by atoms with Crippen molar-refractivity contribution < 1.29 is 23.9 Å². The summed E-state index contributed by atoms with van der Waals surface area (Å²) in [5.41, 5.74) is 1.64. The van der Waals surface area contributed by atoms with Gasteiger partial charge in [0.25, 0.3) is 5.91 Å². The zero-order valence-electron chi connectivity index (χ0n) is 17.8. The van der Waals surface area contributed by atoms with Crippen LogP contribution in [0.5, 0.6) is 5.75 Å². The minimum atomic E-state index is -0.362. The molecule has 8 heteroatoms. The molecule has 0 aliphatic carbocycles. The quantitative estimate of drug-likeness (QED) is 0.769. The van der Waals surface area contributed by atoms with Gasteiger partial charge in [-0.05, 0) is 25.1 Å². The first-order valence-electron chi connectivity index (χ1n) is 10.2. The van der Waals surface area contributed by atoms with E-state index in [1.165, 1.54) is 0 Å². The van der Waals surface area contributed by atoms with Crippen LogP contribution in [-0.2, 0) is 16.0 Å². The third-order valence-electron chi connectivity index (χ3n) is 5.07. The molecule has 1 fully saturated rings. The number of para-hydroxylation sites is 2. The molecule has 1 aliphatic rings. The molecule has 0 saturated carbocycles. The van der Waals surface area contributed by atoms with Crippen molar-refractivity contribution >= 4 is 23.6 Å². The van der Waals surface area contributed by atoms with E-state index in [9.17, 15) is 14.4 Å². The fraction of sp³-hybridized carbons (Fsp3) is 0.348. The summed E-state index contributed by atoms with van der Waals surface area (Å²) in [6.45, 7) is 3.71. The number of carbonyl (C=O) groups is 3. The molecule has 1 heterocycles. The molecule has 1 saturated heterocycles. The lowest BCUT2D eigenvalue weighted by atomic mass is 10.1. The molecular formula is C23H27N3O5. The van der Waals surface area contributed by atoms with Crippen molar-refractivity contribution in [1.29, 1.82) is 0 Å². The van der Waals surface area contributed by atoms with E-state index in [1.807, 2.05) is 18.2 Å². The van der Waals surface area contributed by atoms with E-state index in [4.69, 9.17) is 9.47 Å². The number of nitrogens with zero attached hydrogens (tertiary/aromatic N) is 2. The Morgan fingerprint density at radius 1 is 0.935 bits per heavy atom. The van der Waals surface area contributed by atoms with Crippen LogP contribution in [0.1, 0.15) is 22.8 Å². The number of carbonyl (C=O) groups excluding carboxylic acids is 3. The minimum Gasteiger partial charge on any atom is -0.496 e. The van der Waals surface area contributed by atoms with Crippen LogP contribution in [0.15, 0.2) is 48.5 Å². The fourth-order valence-corrected chi connectivity index (χ4v) is 3.47. The molecule has 0 bridgehead atoms. The van der Waals surface area contributed by atoms with E-state index in [2.05, 4.69) is 5.32 Å². The second-order valence-corrected chi connectivity index (χ2v) is 7.06. The van der Waals surface area contributed by atoms with Crippen LogP contribution >= 0.6 is 0 Å².